The Hall–Kier alpha value is -0.730. The second-order valence-electron chi connectivity index (χ2n) is 5.69. The number of rotatable bonds is 3. The summed E-state index contributed by atoms with van der Waals surface area (Å²) in [5.41, 5.74) is 5.95. The first-order valence-electron chi connectivity index (χ1n) is 6.76. The number of nitrogens with one attached hydrogen (secondary N) is 1. The third-order valence-corrected chi connectivity index (χ3v) is 3.87. The van der Waals surface area contributed by atoms with Gasteiger partial charge < -0.3 is 11.1 Å². The Morgan fingerprint density at radius 1 is 1.19 bits per heavy atom. The number of hydrogen-bond acceptors (Lipinski definition) is 1. The van der Waals surface area contributed by atoms with Crippen molar-refractivity contribution in [3.63, 3.8) is 0 Å². The molecular formula is C13H25N3. The Labute approximate surface area is 98.9 Å². The minimum atomic E-state index is 0.458. The number of nitrogens with two attached hydrogens (primary N) is 1. The Balaban J connectivity index is 1.93. The van der Waals surface area contributed by atoms with Gasteiger partial charge in [-0.1, -0.05) is 26.7 Å². The summed E-state index contributed by atoms with van der Waals surface area (Å²) < 4.78 is 0. The van der Waals surface area contributed by atoms with Gasteiger partial charge in [-0.3, -0.25) is 0 Å². The molecule has 2 unspecified atom stereocenters. The Morgan fingerprint density at radius 3 is 2.50 bits per heavy atom. The molecule has 92 valence electrons. The van der Waals surface area contributed by atoms with E-state index in [0.717, 1.165) is 11.8 Å². The largest absolute Gasteiger partial charge is 0.370 e. The lowest BCUT2D eigenvalue weighted by atomic mass is 9.78. The molecule has 2 saturated carbocycles. The average Bonchev–Trinajstić information content (AvgIpc) is 3.02. The maximum absolute atomic E-state index is 5.95. The summed E-state index contributed by atoms with van der Waals surface area (Å²) in [6.45, 7) is 4.62. The molecule has 2 fully saturated rings. The summed E-state index contributed by atoms with van der Waals surface area (Å²) >= 11 is 0. The van der Waals surface area contributed by atoms with Crippen LogP contribution in [0, 0.1) is 11.8 Å². The van der Waals surface area contributed by atoms with Crippen LogP contribution in [0.25, 0.3) is 0 Å². The van der Waals surface area contributed by atoms with E-state index in [9.17, 15) is 0 Å². The van der Waals surface area contributed by atoms with Gasteiger partial charge in [-0.2, -0.15) is 0 Å². The van der Waals surface area contributed by atoms with Crippen LogP contribution in [0.2, 0.25) is 0 Å². The molecule has 3 N–H and O–H groups in total. The van der Waals surface area contributed by atoms with E-state index in [1.165, 1.54) is 38.5 Å². The van der Waals surface area contributed by atoms with Crippen molar-refractivity contribution >= 4 is 5.96 Å². The van der Waals surface area contributed by atoms with Crippen molar-refractivity contribution in [2.75, 3.05) is 0 Å². The quantitative estimate of drug-likeness (QED) is 0.569. The summed E-state index contributed by atoms with van der Waals surface area (Å²) in [4.78, 5) is 4.70. The first kappa shape index (κ1) is 11.7. The molecule has 0 saturated heterocycles. The third kappa shape index (κ3) is 3.13. The predicted octanol–water partition coefficient (Wildman–Crippen LogP) is 2.27. The maximum atomic E-state index is 5.95. The first-order valence-corrected chi connectivity index (χ1v) is 6.76. The highest BCUT2D eigenvalue weighted by molar-refractivity contribution is 5.78. The highest BCUT2D eigenvalue weighted by Gasteiger charge is 2.28. The zero-order valence-electron chi connectivity index (χ0n) is 10.6. The van der Waals surface area contributed by atoms with Gasteiger partial charge in [0.2, 0.25) is 0 Å². The zero-order valence-corrected chi connectivity index (χ0v) is 10.6. The normalized spacial score (nSPS) is 31.8. The molecule has 3 nitrogen and oxygen atoms in total. The van der Waals surface area contributed by atoms with E-state index in [1.54, 1.807) is 0 Å². The van der Waals surface area contributed by atoms with Crippen LogP contribution < -0.4 is 11.1 Å². The summed E-state index contributed by atoms with van der Waals surface area (Å²) in [5, 5.41) is 3.29. The number of nitrogens with zero attached hydrogens (tertiary/aromatic N) is 1. The molecule has 0 heterocycles. The molecule has 0 spiro atoms. The van der Waals surface area contributed by atoms with E-state index in [-0.39, 0.29) is 0 Å². The second-order valence-corrected chi connectivity index (χ2v) is 5.69. The SMILES string of the molecule is CC(C)C1CCCCC1N=C(N)NC1CC1. The molecule has 2 atom stereocenters. The predicted molar refractivity (Wildman–Crippen MR) is 68.4 cm³/mol. The summed E-state index contributed by atoms with van der Waals surface area (Å²) in [6.07, 6.45) is 7.74. The van der Waals surface area contributed by atoms with Gasteiger partial charge in [0.15, 0.2) is 5.96 Å². The lowest BCUT2D eigenvalue weighted by Crippen LogP contribution is -2.37. The molecule has 2 rings (SSSR count). The second kappa shape index (κ2) is 5.07. The first-order chi connectivity index (χ1) is 7.66. The van der Waals surface area contributed by atoms with Crippen LogP contribution >= 0.6 is 0 Å². The zero-order chi connectivity index (χ0) is 11.5. The van der Waals surface area contributed by atoms with Crippen molar-refractivity contribution in [3.8, 4) is 0 Å². The van der Waals surface area contributed by atoms with Crippen LogP contribution in [0.15, 0.2) is 4.99 Å². The van der Waals surface area contributed by atoms with Gasteiger partial charge in [-0.15, -0.1) is 0 Å². The van der Waals surface area contributed by atoms with E-state index in [0.29, 0.717) is 18.0 Å². The summed E-state index contributed by atoms with van der Waals surface area (Å²) in [7, 11) is 0. The maximum Gasteiger partial charge on any atom is 0.189 e. The van der Waals surface area contributed by atoms with Crippen molar-refractivity contribution in [2.24, 2.45) is 22.6 Å². The van der Waals surface area contributed by atoms with Crippen molar-refractivity contribution in [1.82, 2.24) is 5.32 Å². The Bertz CT molecular complexity index is 256. The molecule has 0 bridgehead atoms. The van der Waals surface area contributed by atoms with Crippen molar-refractivity contribution in [1.29, 1.82) is 0 Å². The lowest BCUT2D eigenvalue weighted by Gasteiger charge is -2.32. The van der Waals surface area contributed by atoms with Gasteiger partial charge in [0.1, 0.15) is 0 Å². The fraction of sp³-hybridized carbons (Fsp3) is 0.923. The molecule has 0 aliphatic heterocycles. The van der Waals surface area contributed by atoms with Gasteiger partial charge in [0.05, 0.1) is 6.04 Å². The number of hydrogen-bond donors (Lipinski definition) is 2. The molecule has 0 aromatic rings. The van der Waals surface area contributed by atoms with Crippen LogP contribution in [-0.4, -0.2) is 18.0 Å². The van der Waals surface area contributed by atoms with Gasteiger partial charge in [0, 0.05) is 6.04 Å². The highest BCUT2D eigenvalue weighted by atomic mass is 15.1. The molecule has 0 amide bonds. The molecule has 2 aliphatic rings. The number of aliphatic imine (C=N–C) groups is 1. The molecule has 0 aromatic heterocycles. The van der Waals surface area contributed by atoms with Crippen molar-refractivity contribution < 1.29 is 0 Å². The Kier molecular flexibility index (Phi) is 3.72. The topological polar surface area (TPSA) is 50.4 Å². The van der Waals surface area contributed by atoms with Gasteiger partial charge in [0.25, 0.3) is 0 Å². The summed E-state index contributed by atoms with van der Waals surface area (Å²) in [5.74, 6) is 2.14. The molecule has 0 radical (unpaired) electrons. The summed E-state index contributed by atoms with van der Waals surface area (Å²) in [6, 6.07) is 1.07. The molecule has 0 aromatic carbocycles. The molecule has 2 aliphatic carbocycles. The fourth-order valence-corrected chi connectivity index (χ4v) is 2.73. The molecule has 3 heteroatoms. The van der Waals surface area contributed by atoms with Crippen LogP contribution in [0.5, 0.6) is 0 Å². The van der Waals surface area contributed by atoms with Crippen molar-refractivity contribution in [3.05, 3.63) is 0 Å². The van der Waals surface area contributed by atoms with E-state index in [4.69, 9.17) is 10.7 Å². The Morgan fingerprint density at radius 2 is 1.88 bits per heavy atom. The van der Waals surface area contributed by atoms with E-state index >= 15 is 0 Å². The average molecular weight is 223 g/mol. The monoisotopic (exact) mass is 223 g/mol. The van der Waals surface area contributed by atoms with Crippen LogP contribution in [0.4, 0.5) is 0 Å². The molecule has 16 heavy (non-hydrogen) atoms. The van der Waals surface area contributed by atoms with Gasteiger partial charge in [-0.05, 0) is 37.5 Å². The smallest absolute Gasteiger partial charge is 0.189 e. The minimum Gasteiger partial charge on any atom is -0.370 e. The van der Waals surface area contributed by atoms with Crippen LogP contribution in [0.1, 0.15) is 52.4 Å². The van der Waals surface area contributed by atoms with E-state index < -0.39 is 0 Å². The fourth-order valence-electron chi connectivity index (χ4n) is 2.73. The lowest BCUT2D eigenvalue weighted by molar-refractivity contribution is 0.241. The standard InChI is InChI=1S/C13H25N3/c1-9(2)11-5-3-4-6-12(11)16-13(14)15-10-7-8-10/h9-12H,3-8H2,1-2H3,(H3,14,15,16). The van der Waals surface area contributed by atoms with Crippen LogP contribution in [0.3, 0.4) is 0 Å². The highest BCUT2D eigenvalue weighted by Crippen LogP contribution is 2.32. The van der Waals surface area contributed by atoms with Crippen LogP contribution in [-0.2, 0) is 0 Å². The van der Waals surface area contributed by atoms with E-state index in [2.05, 4.69) is 19.2 Å². The van der Waals surface area contributed by atoms with Crippen molar-refractivity contribution in [2.45, 2.75) is 64.5 Å². The minimum absolute atomic E-state index is 0.458. The van der Waals surface area contributed by atoms with Gasteiger partial charge in [-0.25, -0.2) is 4.99 Å². The number of guanidine groups is 1. The third-order valence-electron chi connectivity index (χ3n) is 3.87. The molecular weight excluding hydrogens is 198 g/mol. The van der Waals surface area contributed by atoms with Gasteiger partial charge >= 0.3 is 0 Å². The van der Waals surface area contributed by atoms with E-state index in [1.807, 2.05) is 0 Å².